The van der Waals surface area contributed by atoms with Gasteiger partial charge in [0.25, 0.3) is 0 Å². The standard InChI is InChI=1S/C28H46O2/c1-20(2)8-7-15-27(4,30)25-12-11-24-21-9-10-22-18-23(29)13-17-28(22,19-21)16-6-5-14-26(24,25)3/h7,10,15,20-21,23-25,29-30H,5-6,8-9,11-14,16-19H2,1-4H3/b15-7+/t21-,23+,24+,25?,26+,27+,28-/m1/s1. The number of allylic oxidation sites excluding steroid dienone is 2. The average Bonchev–Trinajstić information content (AvgIpc) is 3.03. The molecule has 4 aliphatic rings. The quantitative estimate of drug-likeness (QED) is 0.496. The molecule has 1 spiro atoms. The van der Waals surface area contributed by atoms with Gasteiger partial charge >= 0.3 is 0 Å². The highest BCUT2D eigenvalue weighted by Crippen LogP contribution is 2.63. The van der Waals surface area contributed by atoms with Gasteiger partial charge in [0.2, 0.25) is 0 Å². The van der Waals surface area contributed by atoms with E-state index < -0.39 is 5.60 Å². The molecule has 7 atom stereocenters. The van der Waals surface area contributed by atoms with Crippen molar-refractivity contribution in [2.45, 2.75) is 116 Å². The van der Waals surface area contributed by atoms with Crippen molar-refractivity contribution in [2.24, 2.45) is 34.5 Å². The maximum absolute atomic E-state index is 11.6. The Morgan fingerprint density at radius 2 is 1.93 bits per heavy atom. The summed E-state index contributed by atoms with van der Waals surface area (Å²) in [7, 11) is 0. The van der Waals surface area contributed by atoms with Crippen LogP contribution >= 0.6 is 0 Å². The van der Waals surface area contributed by atoms with Gasteiger partial charge in [-0.05, 0) is 106 Å². The largest absolute Gasteiger partial charge is 0.393 e. The van der Waals surface area contributed by atoms with E-state index in [-0.39, 0.29) is 11.5 Å². The van der Waals surface area contributed by atoms with E-state index in [2.05, 4.69) is 45.9 Å². The van der Waals surface area contributed by atoms with Gasteiger partial charge in [0, 0.05) is 0 Å². The van der Waals surface area contributed by atoms with Crippen LogP contribution in [0.3, 0.4) is 0 Å². The van der Waals surface area contributed by atoms with E-state index in [1.165, 1.54) is 57.8 Å². The first-order valence-electron chi connectivity index (χ1n) is 12.9. The normalized spacial score (nSPS) is 43.9. The van der Waals surface area contributed by atoms with Crippen molar-refractivity contribution in [3.8, 4) is 0 Å². The minimum absolute atomic E-state index is 0.111. The Kier molecular flexibility index (Phi) is 6.32. The fourth-order valence-electron chi connectivity index (χ4n) is 8.30. The van der Waals surface area contributed by atoms with Gasteiger partial charge in [-0.1, -0.05) is 57.4 Å². The summed E-state index contributed by atoms with van der Waals surface area (Å²) in [5, 5.41) is 21.8. The molecular formula is C28H46O2. The molecule has 4 aliphatic carbocycles. The van der Waals surface area contributed by atoms with Crippen molar-refractivity contribution < 1.29 is 10.2 Å². The van der Waals surface area contributed by atoms with Crippen molar-refractivity contribution in [2.75, 3.05) is 0 Å². The van der Waals surface area contributed by atoms with Gasteiger partial charge in [-0.25, -0.2) is 0 Å². The highest BCUT2D eigenvalue weighted by molar-refractivity contribution is 5.24. The number of rotatable bonds is 4. The summed E-state index contributed by atoms with van der Waals surface area (Å²) in [6, 6.07) is 0. The molecule has 30 heavy (non-hydrogen) atoms. The maximum atomic E-state index is 11.6. The number of aliphatic hydroxyl groups excluding tert-OH is 1. The van der Waals surface area contributed by atoms with Gasteiger partial charge in [0.15, 0.2) is 0 Å². The van der Waals surface area contributed by atoms with Gasteiger partial charge in [-0.3, -0.25) is 0 Å². The molecule has 0 heterocycles. The molecule has 2 heteroatoms. The van der Waals surface area contributed by atoms with Crippen molar-refractivity contribution in [1.82, 2.24) is 0 Å². The fraction of sp³-hybridized carbons (Fsp3) is 0.857. The molecule has 3 fully saturated rings. The lowest BCUT2D eigenvalue weighted by Crippen LogP contribution is -2.45. The molecule has 2 nitrogen and oxygen atoms in total. The monoisotopic (exact) mass is 414 g/mol. The zero-order chi connectivity index (χ0) is 21.6. The lowest BCUT2D eigenvalue weighted by molar-refractivity contribution is -0.0357. The molecule has 2 N–H and O–H groups in total. The van der Waals surface area contributed by atoms with Crippen molar-refractivity contribution in [1.29, 1.82) is 0 Å². The topological polar surface area (TPSA) is 40.5 Å². The maximum Gasteiger partial charge on any atom is 0.0832 e. The van der Waals surface area contributed by atoms with Gasteiger partial charge < -0.3 is 10.2 Å². The Morgan fingerprint density at radius 3 is 2.70 bits per heavy atom. The van der Waals surface area contributed by atoms with Crippen LogP contribution in [0.2, 0.25) is 0 Å². The molecule has 1 unspecified atom stereocenters. The summed E-state index contributed by atoms with van der Waals surface area (Å²) >= 11 is 0. The highest BCUT2D eigenvalue weighted by Gasteiger charge is 2.56. The van der Waals surface area contributed by atoms with Crippen LogP contribution in [0.5, 0.6) is 0 Å². The third-order valence-electron chi connectivity index (χ3n) is 9.78. The molecule has 170 valence electrons. The average molecular weight is 415 g/mol. The van der Waals surface area contributed by atoms with E-state index in [4.69, 9.17) is 0 Å². The van der Waals surface area contributed by atoms with Crippen LogP contribution in [-0.2, 0) is 0 Å². The Morgan fingerprint density at radius 1 is 1.17 bits per heavy atom. The molecule has 4 rings (SSSR count). The first kappa shape index (κ1) is 22.6. The molecule has 0 aromatic heterocycles. The summed E-state index contributed by atoms with van der Waals surface area (Å²) in [5.41, 5.74) is 1.51. The minimum atomic E-state index is -0.700. The van der Waals surface area contributed by atoms with Crippen LogP contribution in [0.15, 0.2) is 23.8 Å². The first-order valence-corrected chi connectivity index (χ1v) is 12.9. The van der Waals surface area contributed by atoms with Gasteiger partial charge in [-0.15, -0.1) is 0 Å². The second-order valence-electron chi connectivity index (χ2n) is 12.3. The van der Waals surface area contributed by atoms with Crippen LogP contribution in [0.1, 0.15) is 105 Å². The van der Waals surface area contributed by atoms with Crippen LogP contribution < -0.4 is 0 Å². The Labute approximate surface area is 185 Å². The number of hydrogen-bond donors (Lipinski definition) is 2. The Hall–Kier alpha value is -0.600. The highest BCUT2D eigenvalue weighted by atomic mass is 16.3. The van der Waals surface area contributed by atoms with Crippen LogP contribution in [0.4, 0.5) is 0 Å². The summed E-state index contributed by atoms with van der Waals surface area (Å²) in [4.78, 5) is 0. The lowest BCUT2D eigenvalue weighted by atomic mass is 9.56. The van der Waals surface area contributed by atoms with E-state index >= 15 is 0 Å². The van der Waals surface area contributed by atoms with Crippen LogP contribution in [0, 0.1) is 34.5 Å². The van der Waals surface area contributed by atoms with Crippen molar-refractivity contribution in [3.63, 3.8) is 0 Å². The molecule has 0 radical (unpaired) electrons. The molecule has 0 saturated heterocycles. The van der Waals surface area contributed by atoms with E-state index in [1.807, 2.05) is 0 Å². The summed E-state index contributed by atoms with van der Waals surface area (Å²) in [6.45, 7) is 9.10. The Balaban J connectivity index is 1.60. The van der Waals surface area contributed by atoms with Gasteiger partial charge in [0.05, 0.1) is 11.7 Å². The SMILES string of the molecule is CC(C)C/C=C/[C@](C)(O)C1CC[C@H]2[C@@H]3CC=C4C[C@@H](O)CC[C@]4(CCCC[C@]12C)C3. The number of aliphatic hydroxyl groups is 2. The smallest absolute Gasteiger partial charge is 0.0832 e. The summed E-state index contributed by atoms with van der Waals surface area (Å²) in [5.74, 6) is 2.49. The predicted octanol–water partition coefficient (Wildman–Crippen LogP) is 6.81. The third-order valence-corrected chi connectivity index (χ3v) is 9.78. The van der Waals surface area contributed by atoms with E-state index in [0.29, 0.717) is 17.3 Å². The number of hydrogen-bond acceptors (Lipinski definition) is 2. The minimum Gasteiger partial charge on any atom is -0.393 e. The molecule has 2 bridgehead atoms. The molecule has 0 aromatic rings. The third kappa shape index (κ3) is 4.08. The van der Waals surface area contributed by atoms with Crippen molar-refractivity contribution in [3.05, 3.63) is 23.8 Å². The van der Waals surface area contributed by atoms with Gasteiger partial charge in [0.1, 0.15) is 0 Å². The zero-order valence-electron chi connectivity index (χ0n) is 20.0. The lowest BCUT2D eigenvalue weighted by Gasteiger charge is -2.50. The van der Waals surface area contributed by atoms with Crippen LogP contribution in [0.25, 0.3) is 0 Å². The number of fused-ring (bicyclic) bond motifs is 3. The zero-order valence-corrected chi connectivity index (χ0v) is 20.0. The van der Waals surface area contributed by atoms with E-state index in [9.17, 15) is 10.2 Å². The molecule has 0 amide bonds. The molecule has 0 aromatic carbocycles. The van der Waals surface area contributed by atoms with E-state index in [1.54, 1.807) is 5.57 Å². The van der Waals surface area contributed by atoms with Crippen LogP contribution in [-0.4, -0.2) is 21.9 Å². The van der Waals surface area contributed by atoms with Crippen molar-refractivity contribution >= 4 is 0 Å². The predicted molar refractivity (Wildman–Crippen MR) is 125 cm³/mol. The Bertz CT molecular complexity index is 674. The first-order chi connectivity index (χ1) is 14.2. The summed E-state index contributed by atoms with van der Waals surface area (Å²) < 4.78 is 0. The fourth-order valence-corrected chi connectivity index (χ4v) is 8.30. The van der Waals surface area contributed by atoms with E-state index in [0.717, 1.165) is 31.1 Å². The second kappa shape index (κ2) is 8.39. The molecular weight excluding hydrogens is 368 g/mol. The summed E-state index contributed by atoms with van der Waals surface area (Å²) in [6.07, 6.45) is 21.1. The second-order valence-corrected chi connectivity index (χ2v) is 12.3. The molecule has 0 aliphatic heterocycles. The molecule has 3 saturated carbocycles. The van der Waals surface area contributed by atoms with Gasteiger partial charge in [-0.2, -0.15) is 0 Å².